The molecule has 5 heteroatoms. The average Bonchev–Trinajstić information content (AvgIpc) is 3.20. The van der Waals surface area contributed by atoms with Gasteiger partial charge in [0.15, 0.2) is 23.0 Å². The Morgan fingerprint density at radius 2 is 0.843 bits per heavy atom. The van der Waals surface area contributed by atoms with Gasteiger partial charge in [0.25, 0.3) is 0 Å². The molecule has 0 aliphatic carbocycles. The molecule has 0 unspecified atom stereocenters. The zero-order chi connectivity index (χ0) is 33.7. The number of nitrogens with zero attached hydrogens (tertiary/aromatic N) is 3. The van der Waals surface area contributed by atoms with Gasteiger partial charge in [0.05, 0.1) is 34.1 Å². The van der Waals surface area contributed by atoms with E-state index >= 15 is 0 Å². The predicted octanol–water partition coefficient (Wildman–Crippen LogP) is 13.5. The van der Waals surface area contributed by atoms with Crippen molar-refractivity contribution in [2.75, 3.05) is 14.7 Å². The topological polar surface area (TPSA) is 28.2 Å². The molecule has 2 heterocycles. The molecule has 51 heavy (non-hydrogen) atoms. The van der Waals surface area contributed by atoms with Crippen LogP contribution in [0.2, 0.25) is 0 Å². The molecule has 0 radical (unpaired) electrons. The minimum absolute atomic E-state index is 0.790. The molecule has 0 saturated heterocycles. The van der Waals surface area contributed by atoms with Crippen molar-refractivity contribution < 1.29 is 9.47 Å². The Labute approximate surface area is 296 Å². The van der Waals surface area contributed by atoms with E-state index in [0.29, 0.717) is 0 Å². The SMILES string of the molecule is c1ccc(N2c3ccccc3Oc3cc(N(c4ccc(N5c6ccccc6Oc6ccccc65)cc4)c4cccc5ccccc45)ccc32)cc1. The monoisotopic (exact) mass is 657 g/mol. The Hall–Kier alpha value is -6.98. The van der Waals surface area contributed by atoms with Crippen LogP contribution in [0.4, 0.5) is 51.2 Å². The summed E-state index contributed by atoms with van der Waals surface area (Å²) >= 11 is 0. The van der Waals surface area contributed by atoms with Gasteiger partial charge in [0.2, 0.25) is 0 Å². The molecule has 2 aliphatic heterocycles. The number of anilines is 9. The first-order valence-electron chi connectivity index (χ1n) is 17.1. The molecule has 0 aromatic heterocycles. The Kier molecular flexibility index (Phi) is 6.74. The van der Waals surface area contributed by atoms with E-state index in [0.717, 1.165) is 79.6 Å². The van der Waals surface area contributed by atoms with Crippen molar-refractivity contribution in [3.05, 3.63) is 188 Å². The lowest BCUT2D eigenvalue weighted by Gasteiger charge is -2.35. The summed E-state index contributed by atoms with van der Waals surface area (Å²) in [7, 11) is 0. The fraction of sp³-hybridized carbons (Fsp3) is 0. The van der Waals surface area contributed by atoms with Gasteiger partial charge in [-0.3, -0.25) is 0 Å². The van der Waals surface area contributed by atoms with Crippen molar-refractivity contribution in [3.8, 4) is 23.0 Å². The van der Waals surface area contributed by atoms with Crippen LogP contribution >= 0.6 is 0 Å². The van der Waals surface area contributed by atoms with Crippen LogP contribution in [0.1, 0.15) is 0 Å². The largest absolute Gasteiger partial charge is 0.453 e. The third-order valence-electron chi connectivity index (χ3n) is 9.59. The van der Waals surface area contributed by atoms with E-state index in [9.17, 15) is 0 Å². The fourth-order valence-corrected chi connectivity index (χ4v) is 7.30. The van der Waals surface area contributed by atoms with E-state index in [4.69, 9.17) is 9.47 Å². The molecule has 0 N–H and O–H groups in total. The van der Waals surface area contributed by atoms with E-state index in [2.05, 4.69) is 160 Å². The maximum Gasteiger partial charge on any atom is 0.153 e. The number of para-hydroxylation sites is 7. The Morgan fingerprint density at radius 1 is 0.353 bits per heavy atom. The Balaban J connectivity index is 1.12. The van der Waals surface area contributed by atoms with Crippen molar-refractivity contribution >= 4 is 62.0 Å². The fourth-order valence-electron chi connectivity index (χ4n) is 7.30. The van der Waals surface area contributed by atoms with E-state index in [1.54, 1.807) is 0 Å². The number of ether oxygens (including phenoxy) is 2. The summed E-state index contributed by atoms with van der Waals surface area (Å²) in [5.41, 5.74) is 9.24. The smallest absolute Gasteiger partial charge is 0.153 e. The van der Waals surface area contributed by atoms with Crippen LogP contribution in [0.5, 0.6) is 23.0 Å². The highest BCUT2D eigenvalue weighted by atomic mass is 16.5. The van der Waals surface area contributed by atoms with Gasteiger partial charge in [-0.25, -0.2) is 0 Å². The second kappa shape index (κ2) is 11.9. The minimum atomic E-state index is 0.790. The molecule has 0 amide bonds. The molecule has 10 rings (SSSR count). The van der Waals surface area contributed by atoms with Crippen molar-refractivity contribution in [1.29, 1.82) is 0 Å². The lowest BCUT2D eigenvalue weighted by molar-refractivity contribution is 0.477. The zero-order valence-corrected chi connectivity index (χ0v) is 27.6. The minimum Gasteiger partial charge on any atom is -0.453 e. The van der Waals surface area contributed by atoms with Crippen molar-refractivity contribution in [1.82, 2.24) is 0 Å². The molecule has 5 nitrogen and oxygen atoms in total. The lowest BCUT2D eigenvalue weighted by atomic mass is 10.1. The molecular formula is C46H31N3O2. The Bertz CT molecular complexity index is 2520. The summed E-state index contributed by atoms with van der Waals surface area (Å²) in [6.45, 7) is 0. The summed E-state index contributed by atoms with van der Waals surface area (Å²) in [6.07, 6.45) is 0. The number of hydrogen-bond donors (Lipinski definition) is 0. The molecule has 0 atom stereocenters. The van der Waals surface area contributed by atoms with E-state index < -0.39 is 0 Å². The predicted molar refractivity (Wildman–Crippen MR) is 208 cm³/mol. The third-order valence-corrected chi connectivity index (χ3v) is 9.59. The van der Waals surface area contributed by atoms with Crippen LogP contribution in [0, 0.1) is 0 Å². The normalized spacial score (nSPS) is 12.5. The average molecular weight is 658 g/mol. The molecule has 0 fully saturated rings. The summed E-state index contributed by atoms with van der Waals surface area (Å²) < 4.78 is 12.9. The summed E-state index contributed by atoms with van der Waals surface area (Å²) in [4.78, 5) is 6.86. The quantitative estimate of drug-likeness (QED) is 0.184. The van der Waals surface area contributed by atoms with Gasteiger partial charge in [-0.1, -0.05) is 91.0 Å². The summed E-state index contributed by atoms with van der Waals surface area (Å²) in [6, 6.07) is 65.4. The first kappa shape index (κ1) is 29.0. The lowest BCUT2D eigenvalue weighted by Crippen LogP contribution is -2.17. The first-order chi connectivity index (χ1) is 25.3. The number of fused-ring (bicyclic) bond motifs is 5. The maximum absolute atomic E-state index is 6.66. The van der Waals surface area contributed by atoms with Gasteiger partial charge >= 0.3 is 0 Å². The third kappa shape index (κ3) is 4.86. The van der Waals surface area contributed by atoms with Gasteiger partial charge in [-0.15, -0.1) is 0 Å². The molecule has 0 spiro atoms. The molecule has 0 saturated carbocycles. The molecule has 242 valence electrons. The highest BCUT2D eigenvalue weighted by molar-refractivity contribution is 6.00. The van der Waals surface area contributed by atoms with Crippen molar-refractivity contribution in [3.63, 3.8) is 0 Å². The number of hydrogen-bond acceptors (Lipinski definition) is 5. The summed E-state index contributed by atoms with van der Waals surface area (Å²) in [5, 5.41) is 2.34. The zero-order valence-electron chi connectivity index (χ0n) is 27.6. The van der Waals surface area contributed by atoms with E-state index in [-0.39, 0.29) is 0 Å². The second-order valence-corrected chi connectivity index (χ2v) is 12.6. The molecule has 8 aromatic carbocycles. The highest BCUT2D eigenvalue weighted by Crippen LogP contribution is 2.53. The molecule has 8 aromatic rings. The molecule has 2 aliphatic rings. The van der Waals surface area contributed by atoms with Crippen LogP contribution < -0.4 is 24.2 Å². The van der Waals surface area contributed by atoms with Gasteiger partial charge < -0.3 is 24.2 Å². The maximum atomic E-state index is 6.66. The number of rotatable bonds is 5. The molecule has 0 bridgehead atoms. The van der Waals surface area contributed by atoms with Gasteiger partial charge in [0, 0.05) is 28.5 Å². The van der Waals surface area contributed by atoms with Crippen molar-refractivity contribution in [2.45, 2.75) is 0 Å². The van der Waals surface area contributed by atoms with Gasteiger partial charge in [0.1, 0.15) is 0 Å². The van der Waals surface area contributed by atoms with Crippen LogP contribution in [-0.2, 0) is 0 Å². The van der Waals surface area contributed by atoms with E-state index in [1.165, 1.54) is 5.39 Å². The van der Waals surface area contributed by atoms with Gasteiger partial charge in [-0.2, -0.15) is 0 Å². The Morgan fingerprint density at radius 3 is 1.51 bits per heavy atom. The van der Waals surface area contributed by atoms with Gasteiger partial charge in [-0.05, 0) is 96.4 Å². The van der Waals surface area contributed by atoms with Crippen LogP contribution in [0.3, 0.4) is 0 Å². The highest BCUT2D eigenvalue weighted by Gasteiger charge is 2.28. The number of benzene rings is 8. The van der Waals surface area contributed by atoms with Crippen molar-refractivity contribution in [2.24, 2.45) is 0 Å². The van der Waals surface area contributed by atoms with E-state index in [1.807, 2.05) is 42.5 Å². The van der Waals surface area contributed by atoms with Crippen LogP contribution in [-0.4, -0.2) is 0 Å². The van der Waals surface area contributed by atoms with Crippen LogP contribution in [0.15, 0.2) is 188 Å². The summed E-state index contributed by atoms with van der Waals surface area (Å²) in [5.74, 6) is 3.27. The second-order valence-electron chi connectivity index (χ2n) is 12.6. The first-order valence-corrected chi connectivity index (χ1v) is 17.1. The van der Waals surface area contributed by atoms with Crippen LogP contribution in [0.25, 0.3) is 10.8 Å². The molecular weight excluding hydrogens is 627 g/mol. The standard InChI is InChI=1S/C46H31N3O2/c1-2-15-33(16-3-1)48-41-20-8-11-24-45(41)51-46-31-36(29-30-42(46)48)47(38-21-12-14-32-13-4-5-17-37(32)38)34-25-27-35(28-26-34)49-39-18-6-9-22-43(39)50-44-23-10-7-19-40(44)49/h1-31H.